The SMILES string of the molecule is Brc1cccc(-c2ccc3c4ccccc4n(-c4c(-c5ccccc5)cccc4-c4ccccc4)c3c2)c1. The molecule has 0 fully saturated rings. The Morgan fingerprint density at radius 2 is 0.947 bits per heavy atom. The highest BCUT2D eigenvalue weighted by atomic mass is 79.9. The smallest absolute Gasteiger partial charge is 0.0618 e. The third kappa shape index (κ3) is 3.86. The van der Waals surface area contributed by atoms with Crippen LogP contribution in [-0.2, 0) is 0 Å². The van der Waals surface area contributed by atoms with Gasteiger partial charge in [0.1, 0.15) is 0 Å². The van der Waals surface area contributed by atoms with Crippen LogP contribution in [-0.4, -0.2) is 4.57 Å². The van der Waals surface area contributed by atoms with E-state index in [1.54, 1.807) is 0 Å². The van der Waals surface area contributed by atoms with Gasteiger partial charge in [-0.3, -0.25) is 0 Å². The van der Waals surface area contributed by atoms with Gasteiger partial charge in [0.15, 0.2) is 0 Å². The maximum atomic E-state index is 3.65. The molecule has 180 valence electrons. The molecule has 0 unspecified atom stereocenters. The van der Waals surface area contributed by atoms with E-state index in [2.05, 4.69) is 166 Å². The maximum Gasteiger partial charge on any atom is 0.0618 e. The Balaban J connectivity index is 1.62. The van der Waals surface area contributed by atoms with Crippen LogP contribution in [0.4, 0.5) is 0 Å². The van der Waals surface area contributed by atoms with Gasteiger partial charge >= 0.3 is 0 Å². The van der Waals surface area contributed by atoms with E-state index in [0.29, 0.717) is 0 Å². The third-order valence-corrected chi connectivity index (χ3v) is 7.75. The summed E-state index contributed by atoms with van der Waals surface area (Å²) in [4.78, 5) is 0. The Bertz CT molecular complexity index is 1860. The van der Waals surface area contributed by atoms with E-state index in [4.69, 9.17) is 0 Å². The lowest BCUT2D eigenvalue weighted by Gasteiger charge is -2.19. The summed E-state index contributed by atoms with van der Waals surface area (Å²) in [6, 6.07) is 52.2. The molecule has 1 aromatic heterocycles. The minimum Gasteiger partial charge on any atom is -0.308 e. The molecule has 0 saturated carbocycles. The van der Waals surface area contributed by atoms with Crippen molar-refractivity contribution in [2.75, 3.05) is 0 Å². The van der Waals surface area contributed by atoms with Crippen molar-refractivity contribution in [2.24, 2.45) is 0 Å². The molecular weight excluding hydrogens is 526 g/mol. The molecule has 38 heavy (non-hydrogen) atoms. The molecule has 0 aliphatic carbocycles. The van der Waals surface area contributed by atoms with Crippen molar-refractivity contribution in [3.63, 3.8) is 0 Å². The van der Waals surface area contributed by atoms with Gasteiger partial charge in [-0.25, -0.2) is 0 Å². The number of hydrogen-bond acceptors (Lipinski definition) is 0. The number of nitrogens with zero attached hydrogens (tertiary/aromatic N) is 1. The van der Waals surface area contributed by atoms with Crippen LogP contribution in [0.1, 0.15) is 0 Å². The fourth-order valence-electron chi connectivity index (χ4n) is 5.54. The summed E-state index contributed by atoms with van der Waals surface area (Å²) in [5.41, 5.74) is 10.8. The zero-order valence-corrected chi connectivity index (χ0v) is 22.3. The molecule has 0 aliphatic rings. The van der Waals surface area contributed by atoms with Crippen molar-refractivity contribution >= 4 is 37.7 Å². The third-order valence-electron chi connectivity index (χ3n) is 7.26. The second kappa shape index (κ2) is 9.48. The van der Waals surface area contributed by atoms with Gasteiger partial charge < -0.3 is 4.57 Å². The molecule has 1 heterocycles. The van der Waals surface area contributed by atoms with Crippen molar-refractivity contribution in [2.45, 2.75) is 0 Å². The van der Waals surface area contributed by atoms with Crippen LogP contribution in [0, 0.1) is 0 Å². The molecule has 0 amide bonds. The zero-order chi connectivity index (χ0) is 25.5. The van der Waals surface area contributed by atoms with Crippen LogP contribution in [0.15, 0.2) is 150 Å². The molecule has 0 atom stereocenters. The van der Waals surface area contributed by atoms with E-state index in [0.717, 1.165) is 4.47 Å². The highest BCUT2D eigenvalue weighted by Gasteiger charge is 2.20. The average molecular weight is 550 g/mol. The van der Waals surface area contributed by atoms with Crippen LogP contribution in [0.5, 0.6) is 0 Å². The Morgan fingerprint density at radius 3 is 1.63 bits per heavy atom. The van der Waals surface area contributed by atoms with E-state index in [1.165, 1.54) is 60.9 Å². The average Bonchev–Trinajstić information content (AvgIpc) is 3.31. The Morgan fingerprint density at radius 1 is 0.395 bits per heavy atom. The van der Waals surface area contributed by atoms with Crippen molar-refractivity contribution in [3.8, 4) is 39.1 Å². The fraction of sp³-hybridized carbons (Fsp3) is 0. The number of aromatic nitrogens is 1. The van der Waals surface area contributed by atoms with Gasteiger partial charge in [0, 0.05) is 26.4 Å². The first-order valence-corrected chi connectivity index (χ1v) is 13.6. The van der Waals surface area contributed by atoms with Crippen LogP contribution in [0.3, 0.4) is 0 Å². The maximum absolute atomic E-state index is 3.65. The fourth-order valence-corrected chi connectivity index (χ4v) is 5.94. The molecule has 2 heteroatoms. The van der Waals surface area contributed by atoms with Crippen molar-refractivity contribution in [1.29, 1.82) is 0 Å². The lowest BCUT2D eigenvalue weighted by atomic mass is 9.95. The van der Waals surface area contributed by atoms with Crippen molar-refractivity contribution in [1.82, 2.24) is 4.57 Å². The van der Waals surface area contributed by atoms with Crippen LogP contribution >= 0.6 is 15.9 Å². The van der Waals surface area contributed by atoms with Gasteiger partial charge in [-0.2, -0.15) is 0 Å². The molecule has 0 aliphatic heterocycles. The molecule has 1 nitrogen and oxygen atoms in total. The van der Waals surface area contributed by atoms with Gasteiger partial charge in [0.2, 0.25) is 0 Å². The van der Waals surface area contributed by atoms with Gasteiger partial charge in [-0.05, 0) is 46.5 Å². The number of halogens is 1. The molecule has 0 N–H and O–H groups in total. The molecule has 0 bridgehead atoms. The summed E-state index contributed by atoms with van der Waals surface area (Å²) < 4.78 is 3.55. The number of rotatable bonds is 4. The topological polar surface area (TPSA) is 4.93 Å². The Kier molecular flexibility index (Phi) is 5.68. The summed E-state index contributed by atoms with van der Waals surface area (Å²) in [5.74, 6) is 0. The Hall–Kier alpha value is -4.40. The summed E-state index contributed by atoms with van der Waals surface area (Å²) in [7, 11) is 0. The van der Waals surface area contributed by atoms with Gasteiger partial charge in [0.05, 0.1) is 16.7 Å². The molecule has 0 spiro atoms. The highest BCUT2D eigenvalue weighted by molar-refractivity contribution is 9.10. The Labute approximate surface area is 230 Å². The highest BCUT2D eigenvalue weighted by Crippen LogP contribution is 2.42. The van der Waals surface area contributed by atoms with Crippen LogP contribution in [0.2, 0.25) is 0 Å². The summed E-state index contributed by atoms with van der Waals surface area (Å²) in [5, 5.41) is 2.51. The minimum atomic E-state index is 1.08. The summed E-state index contributed by atoms with van der Waals surface area (Å²) in [6.45, 7) is 0. The normalized spacial score (nSPS) is 11.3. The lowest BCUT2D eigenvalue weighted by Crippen LogP contribution is -2.00. The van der Waals surface area contributed by atoms with Crippen molar-refractivity contribution < 1.29 is 0 Å². The van der Waals surface area contributed by atoms with Crippen LogP contribution < -0.4 is 0 Å². The van der Waals surface area contributed by atoms with E-state index in [-0.39, 0.29) is 0 Å². The number of fused-ring (bicyclic) bond motifs is 3. The van der Waals surface area contributed by atoms with Crippen molar-refractivity contribution in [3.05, 3.63) is 150 Å². The van der Waals surface area contributed by atoms with Gasteiger partial charge in [0.25, 0.3) is 0 Å². The summed E-state index contributed by atoms with van der Waals surface area (Å²) in [6.07, 6.45) is 0. The lowest BCUT2D eigenvalue weighted by molar-refractivity contribution is 1.18. The molecule has 0 saturated heterocycles. The predicted molar refractivity (Wildman–Crippen MR) is 165 cm³/mol. The molecule has 7 rings (SSSR count). The van der Waals surface area contributed by atoms with E-state index >= 15 is 0 Å². The molecule has 7 aromatic rings. The van der Waals surface area contributed by atoms with E-state index < -0.39 is 0 Å². The molecular formula is C36H24BrN. The molecule has 0 radical (unpaired) electrons. The first-order chi connectivity index (χ1) is 18.8. The largest absolute Gasteiger partial charge is 0.308 e. The van der Waals surface area contributed by atoms with E-state index in [1.807, 2.05) is 0 Å². The molecule has 6 aromatic carbocycles. The number of hydrogen-bond donors (Lipinski definition) is 0. The first kappa shape index (κ1) is 22.8. The quantitative estimate of drug-likeness (QED) is 0.205. The van der Waals surface area contributed by atoms with Gasteiger partial charge in [-0.1, -0.05) is 137 Å². The predicted octanol–water partition coefficient (Wildman–Crippen LogP) is 10.5. The number of benzene rings is 6. The van der Waals surface area contributed by atoms with Crippen LogP contribution in [0.25, 0.3) is 60.9 Å². The van der Waals surface area contributed by atoms with Gasteiger partial charge in [-0.15, -0.1) is 0 Å². The summed E-state index contributed by atoms with van der Waals surface area (Å²) >= 11 is 3.65. The second-order valence-electron chi connectivity index (χ2n) is 9.53. The first-order valence-electron chi connectivity index (χ1n) is 12.8. The zero-order valence-electron chi connectivity index (χ0n) is 20.7. The number of para-hydroxylation sites is 2. The monoisotopic (exact) mass is 549 g/mol. The second-order valence-corrected chi connectivity index (χ2v) is 10.4. The minimum absolute atomic E-state index is 1.08. The standard InChI is InChI=1S/C36H24BrN/c37-29-16-9-15-27(23-29)28-21-22-33-32-17-7-8-20-34(32)38(35(33)24-28)36-30(25-11-3-1-4-12-25)18-10-19-31(36)26-13-5-2-6-14-26/h1-24H. The van der Waals surface area contributed by atoms with E-state index in [9.17, 15) is 0 Å².